The molecule has 9 nitrogen and oxygen atoms in total. The summed E-state index contributed by atoms with van der Waals surface area (Å²) in [6.45, 7) is 5.43. The molecule has 2 fully saturated rings. The minimum atomic E-state index is 0.147. The molecule has 0 aromatic carbocycles. The van der Waals surface area contributed by atoms with Gasteiger partial charge >= 0.3 is 0 Å². The van der Waals surface area contributed by atoms with Gasteiger partial charge in [-0.2, -0.15) is 5.10 Å². The third-order valence-corrected chi connectivity index (χ3v) is 6.34. The van der Waals surface area contributed by atoms with E-state index in [1.54, 1.807) is 6.33 Å². The Morgan fingerprint density at radius 2 is 1.82 bits per heavy atom. The van der Waals surface area contributed by atoms with Crippen LogP contribution in [0, 0.1) is 13.8 Å². The lowest BCUT2D eigenvalue weighted by Gasteiger charge is -2.40. The van der Waals surface area contributed by atoms with E-state index < -0.39 is 0 Å². The highest BCUT2D eigenvalue weighted by Crippen LogP contribution is 2.34. The van der Waals surface area contributed by atoms with Crippen molar-refractivity contribution in [3.63, 3.8) is 0 Å². The summed E-state index contributed by atoms with van der Waals surface area (Å²) >= 11 is 0. The molecule has 4 aromatic rings. The predicted octanol–water partition coefficient (Wildman–Crippen LogP) is 3.44. The molecule has 2 aliphatic heterocycles. The Hall–Kier alpha value is -3.56. The van der Waals surface area contributed by atoms with Gasteiger partial charge in [-0.15, -0.1) is 0 Å². The number of morpholine rings is 1. The maximum atomic E-state index is 6.53. The molecule has 0 amide bonds. The Balaban J connectivity index is 1.28. The van der Waals surface area contributed by atoms with E-state index in [0.717, 1.165) is 65.7 Å². The Kier molecular flexibility index (Phi) is 5.35. The molecular formula is C25H27N7O2. The largest absolute Gasteiger partial charge is 0.488 e. The van der Waals surface area contributed by atoms with Gasteiger partial charge in [0.1, 0.15) is 24.0 Å². The van der Waals surface area contributed by atoms with Gasteiger partial charge in [0.25, 0.3) is 0 Å². The number of nitrogens with one attached hydrogen (secondary N) is 2. The number of rotatable bonds is 5. The monoisotopic (exact) mass is 457 g/mol. The minimum Gasteiger partial charge on any atom is -0.488 e. The van der Waals surface area contributed by atoms with Gasteiger partial charge in [0.2, 0.25) is 0 Å². The van der Waals surface area contributed by atoms with Crippen LogP contribution in [0.2, 0.25) is 0 Å². The van der Waals surface area contributed by atoms with Gasteiger partial charge in [-0.1, -0.05) is 0 Å². The number of anilines is 2. The van der Waals surface area contributed by atoms with Gasteiger partial charge in [-0.25, -0.2) is 14.5 Å². The molecule has 3 atom stereocenters. The summed E-state index contributed by atoms with van der Waals surface area (Å²) in [5.41, 5.74) is 4.92. The van der Waals surface area contributed by atoms with Crippen molar-refractivity contribution in [3.05, 3.63) is 60.4 Å². The summed E-state index contributed by atoms with van der Waals surface area (Å²) < 4.78 is 14.1. The Bertz CT molecular complexity index is 1330. The summed E-state index contributed by atoms with van der Waals surface area (Å²) in [5.74, 6) is 2.25. The molecule has 9 heteroatoms. The second kappa shape index (κ2) is 8.66. The van der Waals surface area contributed by atoms with Crippen LogP contribution >= 0.6 is 0 Å². The SMILES string of the molecule is Cc1cc(Nc2cc3cc(-c4cc(C)ncc4OC4C[C@H]5COC[C@@H](C4)N5)ccn3n2)ncn1. The van der Waals surface area contributed by atoms with Crippen molar-refractivity contribution in [3.8, 4) is 16.9 Å². The second-order valence-electron chi connectivity index (χ2n) is 9.12. The highest BCUT2D eigenvalue weighted by molar-refractivity contribution is 5.75. The van der Waals surface area contributed by atoms with Gasteiger partial charge in [0.15, 0.2) is 5.82 Å². The maximum absolute atomic E-state index is 6.53. The van der Waals surface area contributed by atoms with Gasteiger partial charge in [-0.05, 0) is 37.6 Å². The molecule has 174 valence electrons. The van der Waals surface area contributed by atoms with E-state index in [0.29, 0.717) is 17.9 Å². The average molecular weight is 458 g/mol. The lowest BCUT2D eigenvalue weighted by molar-refractivity contribution is -0.0122. The predicted molar refractivity (Wildman–Crippen MR) is 128 cm³/mol. The molecule has 34 heavy (non-hydrogen) atoms. The number of hydrogen-bond donors (Lipinski definition) is 2. The number of piperidine rings is 1. The maximum Gasteiger partial charge on any atom is 0.154 e. The van der Waals surface area contributed by atoms with Gasteiger partial charge in [0.05, 0.1) is 24.9 Å². The van der Waals surface area contributed by atoms with Crippen LogP contribution in [0.3, 0.4) is 0 Å². The molecular weight excluding hydrogens is 430 g/mol. The van der Waals surface area contributed by atoms with Crippen molar-refractivity contribution in [1.82, 2.24) is 29.9 Å². The zero-order valence-electron chi connectivity index (χ0n) is 19.2. The summed E-state index contributed by atoms with van der Waals surface area (Å²) in [6.07, 6.45) is 7.37. The van der Waals surface area contributed by atoms with E-state index in [-0.39, 0.29) is 6.10 Å². The molecule has 0 saturated carbocycles. The van der Waals surface area contributed by atoms with Crippen LogP contribution in [0.25, 0.3) is 16.6 Å². The molecule has 0 aliphatic carbocycles. The van der Waals surface area contributed by atoms with Gasteiger partial charge < -0.3 is 20.1 Å². The number of aromatic nitrogens is 5. The van der Waals surface area contributed by atoms with E-state index in [1.165, 1.54) is 0 Å². The summed E-state index contributed by atoms with van der Waals surface area (Å²) in [4.78, 5) is 12.9. The zero-order valence-corrected chi connectivity index (χ0v) is 19.2. The summed E-state index contributed by atoms with van der Waals surface area (Å²) in [6, 6.07) is 10.9. The molecule has 6 heterocycles. The fourth-order valence-corrected chi connectivity index (χ4v) is 4.80. The highest BCUT2D eigenvalue weighted by Gasteiger charge is 2.33. The number of nitrogens with zero attached hydrogens (tertiary/aromatic N) is 5. The Labute approximate surface area is 197 Å². The fraction of sp³-hybridized carbons (Fsp3) is 0.360. The third kappa shape index (κ3) is 4.32. The normalized spacial score (nSPS) is 22.0. The first kappa shape index (κ1) is 21.0. The number of hydrogen-bond acceptors (Lipinski definition) is 8. The van der Waals surface area contributed by atoms with Crippen LogP contribution in [0.5, 0.6) is 5.75 Å². The first-order valence-electron chi connectivity index (χ1n) is 11.6. The van der Waals surface area contributed by atoms with Crippen molar-refractivity contribution in [2.45, 2.75) is 44.9 Å². The Morgan fingerprint density at radius 1 is 1.00 bits per heavy atom. The van der Waals surface area contributed by atoms with Crippen molar-refractivity contribution in [1.29, 1.82) is 0 Å². The third-order valence-electron chi connectivity index (χ3n) is 6.34. The minimum absolute atomic E-state index is 0.147. The lowest BCUT2D eigenvalue weighted by Crippen LogP contribution is -2.56. The van der Waals surface area contributed by atoms with Gasteiger partial charge in [-0.3, -0.25) is 4.98 Å². The number of pyridine rings is 2. The summed E-state index contributed by atoms with van der Waals surface area (Å²) in [5, 5.41) is 11.5. The molecule has 2 N–H and O–H groups in total. The number of aryl methyl sites for hydroxylation is 2. The molecule has 2 aliphatic rings. The molecule has 0 radical (unpaired) electrons. The van der Waals surface area contributed by atoms with Crippen LogP contribution in [0.1, 0.15) is 24.2 Å². The standard InChI is InChI=1S/C25H27N7O2/c1-15-5-22(23(11-26-15)34-21-8-18-12-33-13-19(9-21)29-18)17-3-4-32-20(7-17)10-25(31-32)30-24-6-16(2)27-14-28-24/h3-7,10-11,14,18-19,21,29H,8-9,12-13H2,1-2H3,(H,27,28,30,31)/t18-,19+,21?. The quantitative estimate of drug-likeness (QED) is 0.470. The first-order chi connectivity index (χ1) is 16.6. The Morgan fingerprint density at radius 3 is 2.65 bits per heavy atom. The van der Waals surface area contributed by atoms with Crippen LogP contribution in [0.4, 0.5) is 11.6 Å². The van der Waals surface area contributed by atoms with Gasteiger partial charge in [0, 0.05) is 60.2 Å². The topological polar surface area (TPSA) is 98.5 Å². The van der Waals surface area contributed by atoms with Crippen molar-refractivity contribution in [2.24, 2.45) is 0 Å². The smallest absolute Gasteiger partial charge is 0.154 e. The average Bonchev–Trinajstić information content (AvgIpc) is 3.21. The van der Waals surface area contributed by atoms with Crippen LogP contribution in [-0.2, 0) is 4.74 Å². The summed E-state index contributed by atoms with van der Waals surface area (Å²) in [7, 11) is 0. The number of fused-ring (bicyclic) bond motifs is 3. The highest BCUT2D eigenvalue weighted by atomic mass is 16.5. The first-order valence-corrected chi connectivity index (χ1v) is 11.6. The van der Waals surface area contributed by atoms with Crippen LogP contribution in [0.15, 0.2) is 49.1 Å². The molecule has 0 spiro atoms. The second-order valence-corrected chi connectivity index (χ2v) is 9.12. The van der Waals surface area contributed by atoms with E-state index in [1.807, 2.05) is 42.9 Å². The van der Waals surface area contributed by atoms with Crippen molar-refractivity contribution >= 4 is 17.2 Å². The van der Waals surface area contributed by atoms with Crippen molar-refractivity contribution < 1.29 is 9.47 Å². The molecule has 6 rings (SSSR count). The molecule has 2 bridgehead atoms. The van der Waals surface area contributed by atoms with E-state index in [4.69, 9.17) is 9.47 Å². The van der Waals surface area contributed by atoms with Crippen LogP contribution in [-0.4, -0.2) is 56.0 Å². The van der Waals surface area contributed by atoms with Crippen molar-refractivity contribution in [2.75, 3.05) is 18.5 Å². The fourth-order valence-electron chi connectivity index (χ4n) is 4.80. The van der Waals surface area contributed by atoms with E-state index in [2.05, 4.69) is 48.9 Å². The molecule has 4 aromatic heterocycles. The number of ether oxygens (including phenoxy) is 2. The molecule has 1 unspecified atom stereocenters. The van der Waals surface area contributed by atoms with Crippen LogP contribution < -0.4 is 15.4 Å². The zero-order chi connectivity index (χ0) is 23.1. The molecule has 2 saturated heterocycles. The lowest BCUT2D eigenvalue weighted by atomic mass is 9.94. The van der Waals surface area contributed by atoms with E-state index >= 15 is 0 Å². The van der Waals surface area contributed by atoms with E-state index in [9.17, 15) is 0 Å².